The Morgan fingerprint density at radius 3 is 2.68 bits per heavy atom. The number of rotatable bonds is 2. The van der Waals surface area contributed by atoms with Crippen molar-refractivity contribution >= 4 is 5.82 Å². The second kappa shape index (κ2) is 5.46. The molecule has 1 aliphatic heterocycles. The molecule has 0 aliphatic carbocycles. The molecular weight excluding hydrogens is 280 g/mol. The van der Waals surface area contributed by atoms with Crippen LogP contribution in [0.2, 0.25) is 0 Å². The molecule has 3 rings (SSSR count). The van der Waals surface area contributed by atoms with Crippen LogP contribution in [0.1, 0.15) is 25.0 Å². The number of aryl methyl sites for hydroxylation is 1. The van der Waals surface area contributed by atoms with E-state index in [1.165, 1.54) is 0 Å². The quantitative estimate of drug-likeness (QED) is 0.880. The number of nitrogens with zero attached hydrogens (tertiary/aromatic N) is 2. The molecule has 0 bridgehead atoms. The van der Waals surface area contributed by atoms with Gasteiger partial charge >= 0.3 is 5.69 Å². The largest absolute Gasteiger partial charge is 0.358 e. The molecule has 0 saturated carbocycles. The van der Waals surface area contributed by atoms with Crippen molar-refractivity contribution in [2.24, 2.45) is 0 Å². The van der Waals surface area contributed by atoms with Crippen molar-refractivity contribution < 1.29 is 0 Å². The molecule has 6 heteroatoms. The van der Waals surface area contributed by atoms with Crippen molar-refractivity contribution in [2.45, 2.75) is 33.4 Å². The summed E-state index contributed by atoms with van der Waals surface area (Å²) in [7, 11) is 0. The van der Waals surface area contributed by atoms with Crippen molar-refractivity contribution in [3.8, 4) is 5.69 Å². The predicted molar refractivity (Wildman–Crippen MR) is 86.6 cm³/mol. The van der Waals surface area contributed by atoms with Gasteiger partial charge in [0.05, 0.1) is 17.9 Å². The molecule has 0 unspecified atom stereocenters. The van der Waals surface area contributed by atoms with E-state index in [4.69, 9.17) is 0 Å². The summed E-state index contributed by atoms with van der Waals surface area (Å²) in [5.41, 5.74) is 1.68. The van der Waals surface area contributed by atoms with Crippen LogP contribution in [0.4, 0.5) is 5.82 Å². The van der Waals surface area contributed by atoms with Gasteiger partial charge in [-0.1, -0.05) is 12.1 Å². The van der Waals surface area contributed by atoms with Crippen molar-refractivity contribution in [3.05, 3.63) is 56.2 Å². The van der Waals surface area contributed by atoms with Gasteiger partial charge in [0.15, 0.2) is 0 Å². The Hall–Kier alpha value is -2.34. The van der Waals surface area contributed by atoms with E-state index in [2.05, 4.69) is 29.0 Å². The molecule has 2 N–H and O–H groups in total. The minimum Gasteiger partial charge on any atom is -0.358 e. The molecule has 0 spiro atoms. The lowest BCUT2D eigenvalue weighted by atomic mass is 10.2. The Kier molecular flexibility index (Phi) is 3.62. The smallest absolute Gasteiger partial charge is 0.334 e. The van der Waals surface area contributed by atoms with E-state index in [0.717, 1.165) is 11.3 Å². The average molecular weight is 300 g/mol. The van der Waals surface area contributed by atoms with Crippen molar-refractivity contribution in [2.75, 3.05) is 12.0 Å². The van der Waals surface area contributed by atoms with Crippen LogP contribution in [-0.2, 0) is 6.54 Å². The standard InChI is InChI=1S/C16H20N4O2/c1-10(2)19-8-13-14(17-9-19)20(16(22)18-15(13)21)12-6-4-5-11(3)7-12/h4-7,10,17H,8-9H2,1-3H3,(H,18,21,22). The molecule has 0 radical (unpaired) electrons. The first-order valence-corrected chi connectivity index (χ1v) is 7.40. The van der Waals surface area contributed by atoms with Crippen LogP contribution in [0, 0.1) is 6.92 Å². The zero-order valence-corrected chi connectivity index (χ0v) is 13.0. The van der Waals surface area contributed by atoms with E-state index >= 15 is 0 Å². The third kappa shape index (κ3) is 2.46. The number of benzene rings is 1. The number of aromatic nitrogens is 2. The molecule has 0 amide bonds. The van der Waals surface area contributed by atoms with Gasteiger partial charge < -0.3 is 5.32 Å². The number of H-pyrrole nitrogens is 1. The van der Waals surface area contributed by atoms with Gasteiger partial charge in [-0.25, -0.2) is 9.36 Å². The number of fused-ring (bicyclic) bond motifs is 1. The zero-order chi connectivity index (χ0) is 15.9. The first-order valence-electron chi connectivity index (χ1n) is 7.40. The Morgan fingerprint density at radius 1 is 1.23 bits per heavy atom. The molecule has 2 heterocycles. The Bertz CT molecular complexity index is 820. The summed E-state index contributed by atoms with van der Waals surface area (Å²) in [4.78, 5) is 29.0. The Labute approximate surface area is 128 Å². The highest BCUT2D eigenvalue weighted by Crippen LogP contribution is 2.22. The second-order valence-corrected chi connectivity index (χ2v) is 5.94. The third-order valence-corrected chi connectivity index (χ3v) is 4.01. The van der Waals surface area contributed by atoms with Gasteiger partial charge in [-0.3, -0.25) is 14.7 Å². The predicted octanol–water partition coefficient (Wildman–Crippen LogP) is 1.43. The number of anilines is 1. The first-order chi connectivity index (χ1) is 10.5. The molecule has 116 valence electrons. The average Bonchev–Trinajstić information content (AvgIpc) is 2.47. The highest BCUT2D eigenvalue weighted by molar-refractivity contribution is 5.52. The van der Waals surface area contributed by atoms with Crippen LogP contribution in [0.15, 0.2) is 33.9 Å². The maximum atomic E-state index is 12.3. The van der Waals surface area contributed by atoms with Crippen LogP contribution in [0.3, 0.4) is 0 Å². The van der Waals surface area contributed by atoms with Gasteiger partial charge in [0.25, 0.3) is 5.56 Å². The molecule has 22 heavy (non-hydrogen) atoms. The summed E-state index contributed by atoms with van der Waals surface area (Å²) in [5, 5.41) is 3.23. The molecule has 6 nitrogen and oxygen atoms in total. The summed E-state index contributed by atoms with van der Waals surface area (Å²) in [6.45, 7) is 7.27. The van der Waals surface area contributed by atoms with Crippen LogP contribution >= 0.6 is 0 Å². The van der Waals surface area contributed by atoms with Crippen LogP contribution in [0.25, 0.3) is 5.69 Å². The van der Waals surface area contributed by atoms with Crippen LogP contribution < -0.4 is 16.6 Å². The molecular formula is C16H20N4O2. The van der Waals surface area contributed by atoms with Crippen molar-refractivity contribution in [1.82, 2.24) is 14.5 Å². The fourth-order valence-electron chi connectivity index (χ4n) is 2.72. The van der Waals surface area contributed by atoms with E-state index in [-0.39, 0.29) is 5.56 Å². The molecule has 0 fully saturated rings. The lowest BCUT2D eigenvalue weighted by Gasteiger charge is -2.33. The lowest BCUT2D eigenvalue weighted by molar-refractivity contribution is 0.219. The third-order valence-electron chi connectivity index (χ3n) is 4.01. The summed E-state index contributed by atoms with van der Waals surface area (Å²) in [5.74, 6) is 0.594. The zero-order valence-electron chi connectivity index (χ0n) is 13.0. The van der Waals surface area contributed by atoms with Gasteiger partial charge in [-0.05, 0) is 38.5 Å². The fraction of sp³-hybridized carbons (Fsp3) is 0.375. The lowest BCUT2D eigenvalue weighted by Crippen LogP contribution is -2.45. The SMILES string of the molecule is Cc1cccc(-n2c3c(c(=O)[nH]c2=O)CN(C(C)C)CN3)c1. The number of hydrogen-bond donors (Lipinski definition) is 2. The summed E-state index contributed by atoms with van der Waals surface area (Å²) in [6, 6.07) is 7.98. The highest BCUT2D eigenvalue weighted by atomic mass is 16.2. The van der Waals surface area contributed by atoms with E-state index < -0.39 is 5.69 Å². The van der Waals surface area contributed by atoms with E-state index in [1.807, 2.05) is 31.2 Å². The molecule has 1 aliphatic rings. The van der Waals surface area contributed by atoms with Crippen LogP contribution in [-0.4, -0.2) is 27.2 Å². The summed E-state index contributed by atoms with van der Waals surface area (Å²) >= 11 is 0. The van der Waals surface area contributed by atoms with Crippen LogP contribution in [0.5, 0.6) is 0 Å². The minimum atomic E-state index is -0.417. The summed E-state index contributed by atoms with van der Waals surface area (Å²) in [6.07, 6.45) is 0. The van der Waals surface area contributed by atoms with Gasteiger partial charge in [-0.2, -0.15) is 0 Å². The Balaban J connectivity index is 2.20. The summed E-state index contributed by atoms with van der Waals surface area (Å²) < 4.78 is 1.54. The normalized spacial score (nSPS) is 14.7. The van der Waals surface area contributed by atoms with Crippen molar-refractivity contribution in [3.63, 3.8) is 0 Å². The minimum absolute atomic E-state index is 0.318. The second-order valence-electron chi connectivity index (χ2n) is 5.94. The number of aromatic amines is 1. The molecule has 1 aromatic heterocycles. The van der Waals surface area contributed by atoms with E-state index in [0.29, 0.717) is 30.6 Å². The number of nitrogens with one attached hydrogen (secondary N) is 2. The monoisotopic (exact) mass is 300 g/mol. The maximum absolute atomic E-state index is 12.3. The molecule has 0 saturated heterocycles. The topological polar surface area (TPSA) is 70.1 Å². The maximum Gasteiger partial charge on any atom is 0.334 e. The molecule has 0 atom stereocenters. The number of hydrogen-bond acceptors (Lipinski definition) is 4. The fourth-order valence-corrected chi connectivity index (χ4v) is 2.72. The van der Waals surface area contributed by atoms with Crippen molar-refractivity contribution in [1.29, 1.82) is 0 Å². The Morgan fingerprint density at radius 2 is 2.00 bits per heavy atom. The molecule has 2 aromatic rings. The van der Waals surface area contributed by atoms with Gasteiger partial charge in [0, 0.05) is 12.6 Å². The molecule has 1 aromatic carbocycles. The van der Waals surface area contributed by atoms with Gasteiger partial charge in [0.1, 0.15) is 5.82 Å². The van der Waals surface area contributed by atoms with Gasteiger partial charge in [-0.15, -0.1) is 0 Å². The highest BCUT2D eigenvalue weighted by Gasteiger charge is 2.24. The van der Waals surface area contributed by atoms with E-state index in [1.54, 1.807) is 4.57 Å². The van der Waals surface area contributed by atoms with Gasteiger partial charge in [0.2, 0.25) is 0 Å². The first kappa shape index (κ1) is 14.6. The van der Waals surface area contributed by atoms with E-state index in [9.17, 15) is 9.59 Å².